The van der Waals surface area contributed by atoms with Gasteiger partial charge < -0.3 is 9.64 Å². The van der Waals surface area contributed by atoms with Crippen molar-refractivity contribution in [2.45, 2.75) is 19.4 Å². The Labute approximate surface area is 129 Å². The van der Waals surface area contributed by atoms with Gasteiger partial charge in [-0.05, 0) is 35.7 Å². The lowest BCUT2D eigenvalue weighted by molar-refractivity contribution is -0.131. The number of hydrogen-bond donors (Lipinski definition) is 0. The molecule has 0 fully saturated rings. The third kappa shape index (κ3) is 2.96. The van der Waals surface area contributed by atoms with Gasteiger partial charge in [-0.3, -0.25) is 4.79 Å². The molecule has 1 amide bonds. The number of benzene rings is 2. The van der Waals surface area contributed by atoms with E-state index in [0.717, 1.165) is 6.42 Å². The second-order valence-corrected chi connectivity index (χ2v) is 5.47. The van der Waals surface area contributed by atoms with Gasteiger partial charge in [-0.25, -0.2) is 4.39 Å². The highest BCUT2D eigenvalue weighted by Gasteiger charge is 2.21. The molecule has 0 aromatic heterocycles. The van der Waals surface area contributed by atoms with Crippen LogP contribution in [-0.2, 0) is 24.2 Å². The summed E-state index contributed by atoms with van der Waals surface area (Å²) in [4.78, 5) is 14.3. The highest BCUT2D eigenvalue weighted by molar-refractivity contribution is 5.79. The predicted octanol–water partition coefficient (Wildman–Crippen LogP) is 2.96. The minimum absolute atomic E-state index is 0.00148. The molecule has 0 saturated carbocycles. The topological polar surface area (TPSA) is 29.5 Å². The molecule has 22 heavy (non-hydrogen) atoms. The average Bonchev–Trinajstić information content (AvgIpc) is 2.54. The number of methoxy groups -OCH3 is 1. The van der Waals surface area contributed by atoms with Crippen molar-refractivity contribution in [3.8, 4) is 5.75 Å². The molecule has 4 heteroatoms. The van der Waals surface area contributed by atoms with Crippen LogP contribution < -0.4 is 4.74 Å². The van der Waals surface area contributed by atoms with Gasteiger partial charge in [-0.15, -0.1) is 0 Å². The van der Waals surface area contributed by atoms with Crippen molar-refractivity contribution >= 4 is 5.91 Å². The van der Waals surface area contributed by atoms with Crippen molar-refractivity contribution in [2.75, 3.05) is 13.7 Å². The first-order chi connectivity index (χ1) is 10.7. The maximum absolute atomic E-state index is 13.4. The maximum Gasteiger partial charge on any atom is 0.227 e. The Balaban J connectivity index is 1.75. The van der Waals surface area contributed by atoms with Crippen LogP contribution in [0, 0.1) is 5.82 Å². The SMILES string of the molecule is COc1ccc(F)cc1CC(=O)N1CCc2ccccc2C1. The lowest BCUT2D eigenvalue weighted by Gasteiger charge is -2.29. The van der Waals surface area contributed by atoms with Crippen LogP contribution in [0.2, 0.25) is 0 Å². The first-order valence-corrected chi connectivity index (χ1v) is 7.34. The molecule has 0 bridgehead atoms. The molecule has 0 atom stereocenters. The van der Waals surface area contributed by atoms with Crippen molar-refractivity contribution in [3.05, 3.63) is 65.0 Å². The maximum atomic E-state index is 13.4. The standard InChI is InChI=1S/C18H18FNO2/c1-22-17-7-6-16(19)10-15(17)11-18(21)20-9-8-13-4-2-3-5-14(13)12-20/h2-7,10H,8-9,11-12H2,1H3. The number of carbonyl (C=O) groups excluding carboxylic acids is 1. The molecule has 3 rings (SSSR count). The Kier molecular flexibility index (Phi) is 4.09. The fraction of sp³-hybridized carbons (Fsp3) is 0.278. The van der Waals surface area contributed by atoms with Crippen LogP contribution in [-0.4, -0.2) is 24.5 Å². The molecule has 2 aromatic rings. The number of fused-ring (bicyclic) bond motifs is 1. The number of hydrogen-bond acceptors (Lipinski definition) is 2. The Morgan fingerprint density at radius 2 is 2.00 bits per heavy atom. The van der Waals surface area contributed by atoms with Gasteiger partial charge >= 0.3 is 0 Å². The summed E-state index contributed by atoms with van der Waals surface area (Å²) < 4.78 is 18.6. The van der Waals surface area contributed by atoms with Crippen molar-refractivity contribution in [3.63, 3.8) is 0 Å². The third-order valence-corrected chi connectivity index (χ3v) is 4.07. The monoisotopic (exact) mass is 299 g/mol. The van der Waals surface area contributed by atoms with Gasteiger partial charge in [0.15, 0.2) is 0 Å². The first kappa shape index (κ1) is 14.6. The summed E-state index contributed by atoms with van der Waals surface area (Å²) in [5.41, 5.74) is 3.08. The lowest BCUT2D eigenvalue weighted by Crippen LogP contribution is -2.36. The highest BCUT2D eigenvalue weighted by atomic mass is 19.1. The summed E-state index contributed by atoms with van der Waals surface area (Å²) in [7, 11) is 1.53. The minimum Gasteiger partial charge on any atom is -0.496 e. The highest BCUT2D eigenvalue weighted by Crippen LogP contribution is 2.23. The minimum atomic E-state index is -0.354. The molecule has 1 aliphatic rings. The Morgan fingerprint density at radius 1 is 1.23 bits per heavy atom. The van der Waals surface area contributed by atoms with Crippen LogP contribution in [0.15, 0.2) is 42.5 Å². The molecule has 114 valence electrons. The molecule has 2 aromatic carbocycles. The van der Waals surface area contributed by atoms with Gasteiger partial charge in [-0.1, -0.05) is 24.3 Å². The lowest BCUT2D eigenvalue weighted by atomic mass is 9.99. The van der Waals surface area contributed by atoms with Crippen LogP contribution in [0.1, 0.15) is 16.7 Å². The summed E-state index contributed by atoms with van der Waals surface area (Å²) >= 11 is 0. The molecule has 1 aliphatic heterocycles. The largest absolute Gasteiger partial charge is 0.496 e. The number of amides is 1. The number of halogens is 1. The van der Waals surface area contributed by atoms with Crippen molar-refractivity contribution < 1.29 is 13.9 Å². The second kappa shape index (κ2) is 6.18. The molecular formula is C18H18FNO2. The zero-order chi connectivity index (χ0) is 15.5. The zero-order valence-electron chi connectivity index (χ0n) is 12.5. The van der Waals surface area contributed by atoms with E-state index in [9.17, 15) is 9.18 Å². The molecule has 0 aliphatic carbocycles. The van der Waals surface area contributed by atoms with Crippen LogP contribution >= 0.6 is 0 Å². The van der Waals surface area contributed by atoms with Gasteiger partial charge in [0.05, 0.1) is 13.5 Å². The van der Waals surface area contributed by atoms with Gasteiger partial charge in [0.25, 0.3) is 0 Å². The Bertz CT molecular complexity index is 699. The van der Waals surface area contributed by atoms with Gasteiger partial charge in [0, 0.05) is 18.7 Å². The normalized spacial score (nSPS) is 13.6. The number of carbonyl (C=O) groups is 1. The fourth-order valence-corrected chi connectivity index (χ4v) is 2.87. The van der Waals surface area contributed by atoms with E-state index in [-0.39, 0.29) is 18.1 Å². The van der Waals surface area contributed by atoms with Gasteiger partial charge in [0.2, 0.25) is 5.91 Å². The smallest absolute Gasteiger partial charge is 0.227 e. The summed E-state index contributed by atoms with van der Waals surface area (Å²) in [6.07, 6.45) is 1.02. The zero-order valence-corrected chi connectivity index (χ0v) is 12.5. The van der Waals surface area contributed by atoms with E-state index in [1.807, 2.05) is 17.0 Å². The van der Waals surface area contributed by atoms with E-state index < -0.39 is 0 Å². The molecule has 3 nitrogen and oxygen atoms in total. The van der Waals surface area contributed by atoms with Crippen molar-refractivity contribution in [1.82, 2.24) is 4.90 Å². The Hall–Kier alpha value is -2.36. The number of nitrogens with zero attached hydrogens (tertiary/aromatic N) is 1. The van der Waals surface area contributed by atoms with Crippen LogP contribution in [0.3, 0.4) is 0 Å². The van der Waals surface area contributed by atoms with E-state index in [1.165, 1.54) is 30.4 Å². The molecule has 0 N–H and O–H groups in total. The van der Waals surface area contributed by atoms with E-state index >= 15 is 0 Å². The summed E-state index contributed by atoms with van der Waals surface area (Å²) in [6, 6.07) is 12.4. The molecule has 0 saturated heterocycles. The number of ether oxygens (including phenoxy) is 1. The molecule has 0 radical (unpaired) electrons. The quantitative estimate of drug-likeness (QED) is 0.872. The van der Waals surface area contributed by atoms with E-state index in [1.54, 1.807) is 6.07 Å². The van der Waals surface area contributed by atoms with Crippen LogP contribution in [0.25, 0.3) is 0 Å². The van der Waals surface area contributed by atoms with E-state index in [2.05, 4.69) is 12.1 Å². The Morgan fingerprint density at radius 3 is 2.77 bits per heavy atom. The average molecular weight is 299 g/mol. The van der Waals surface area contributed by atoms with Gasteiger partial charge in [-0.2, -0.15) is 0 Å². The van der Waals surface area contributed by atoms with Gasteiger partial charge in [0.1, 0.15) is 11.6 Å². The summed E-state index contributed by atoms with van der Waals surface area (Å²) in [5.74, 6) is 0.193. The van der Waals surface area contributed by atoms with E-state index in [4.69, 9.17) is 4.74 Å². The van der Waals surface area contributed by atoms with Crippen LogP contribution in [0.5, 0.6) is 5.75 Å². The molecule has 1 heterocycles. The van der Waals surface area contributed by atoms with Crippen LogP contribution in [0.4, 0.5) is 4.39 Å². The molecular weight excluding hydrogens is 281 g/mol. The second-order valence-electron chi connectivity index (χ2n) is 5.47. The fourth-order valence-electron chi connectivity index (χ4n) is 2.87. The number of rotatable bonds is 3. The first-order valence-electron chi connectivity index (χ1n) is 7.34. The van der Waals surface area contributed by atoms with Crippen molar-refractivity contribution in [2.24, 2.45) is 0 Å². The van der Waals surface area contributed by atoms with Crippen molar-refractivity contribution in [1.29, 1.82) is 0 Å². The molecule has 0 spiro atoms. The van der Waals surface area contributed by atoms with E-state index in [0.29, 0.717) is 24.4 Å². The molecule has 0 unspecified atom stereocenters. The predicted molar refractivity (Wildman–Crippen MR) is 82.2 cm³/mol. The summed E-state index contributed by atoms with van der Waals surface area (Å²) in [6.45, 7) is 1.32. The third-order valence-electron chi connectivity index (χ3n) is 4.07. The summed E-state index contributed by atoms with van der Waals surface area (Å²) in [5, 5.41) is 0.